The van der Waals surface area contributed by atoms with Gasteiger partial charge >= 0.3 is 0 Å². The van der Waals surface area contributed by atoms with E-state index in [-0.39, 0.29) is 15.5 Å². The van der Waals surface area contributed by atoms with Crippen LogP contribution in [0.5, 0.6) is 0 Å². The molecule has 0 aliphatic rings. The van der Waals surface area contributed by atoms with Crippen LogP contribution >= 0.6 is 7.26 Å². The highest BCUT2D eigenvalue weighted by molar-refractivity contribution is 7.80. The van der Waals surface area contributed by atoms with Crippen LogP contribution in [0.2, 0.25) is 0 Å². The molecule has 0 spiro atoms. The van der Waals surface area contributed by atoms with E-state index in [1.807, 2.05) is 41.5 Å². The Morgan fingerprint density at radius 2 is 0.929 bits per heavy atom. The van der Waals surface area contributed by atoms with Gasteiger partial charge in [-0.3, -0.25) is 0 Å². The summed E-state index contributed by atoms with van der Waals surface area (Å²) in [5.41, 5.74) is -1.70. The van der Waals surface area contributed by atoms with Crippen molar-refractivity contribution in [3.63, 3.8) is 0 Å². The third-order valence-electron chi connectivity index (χ3n) is 6.16. The summed E-state index contributed by atoms with van der Waals surface area (Å²) in [6.45, 7) is 24.3. The van der Waals surface area contributed by atoms with Gasteiger partial charge in [0.15, 0.2) is 0 Å². The molecule has 0 bridgehead atoms. The Morgan fingerprint density at radius 3 is 1.14 bits per heavy atom. The predicted molar refractivity (Wildman–Crippen MR) is 124 cm³/mol. The second-order valence-electron chi connectivity index (χ2n) is 12.3. The zero-order chi connectivity index (χ0) is 23.0. The molecular weight excluding hydrogens is 371 g/mol. The molecule has 0 heterocycles. The number of aliphatic hydroxyl groups excluding tert-OH is 2. The molecule has 0 saturated carbocycles. The van der Waals surface area contributed by atoms with Crippen LogP contribution in [0.25, 0.3) is 0 Å². The van der Waals surface area contributed by atoms with Crippen LogP contribution in [0.3, 0.4) is 0 Å². The zero-order valence-electron chi connectivity index (χ0n) is 20.7. The lowest BCUT2D eigenvalue weighted by molar-refractivity contribution is 0.0559. The summed E-state index contributed by atoms with van der Waals surface area (Å²) in [5.74, 6) is 0. The van der Waals surface area contributed by atoms with E-state index in [0.717, 1.165) is 0 Å². The monoisotopic (exact) mass is 421 g/mol. The fourth-order valence-electron chi connectivity index (χ4n) is 6.86. The van der Waals surface area contributed by atoms with Gasteiger partial charge in [0.1, 0.15) is 0 Å². The Hall–Kier alpha value is 0.270. The van der Waals surface area contributed by atoms with Gasteiger partial charge in [-0.15, -0.1) is 0 Å². The molecule has 2 atom stereocenters. The first-order valence-corrected chi connectivity index (χ1v) is 12.7. The normalized spacial score (nSPS) is 17.6. The number of hydrogen-bond acceptors (Lipinski definition) is 4. The van der Waals surface area contributed by atoms with Crippen LogP contribution in [0.1, 0.15) is 102 Å². The molecule has 0 fully saturated rings. The van der Waals surface area contributed by atoms with Crippen molar-refractivity contribution in [1.29, 1.82) is 0 Å². The van der Waals surface area contributed by atoms with Gasteiger partial charge in [-0.2, -0.15) is 0 Å². The molecule has 5 heteroatoms. The van der Waals surface area contributed by atoms with Crippen LogP contribution in [-0.2, 0) is 0 Å². The van der Waals surface area contributed by atoms with Gasteiger partial charge in [0, 0.05) is 26.5 Å². The van der Waals surface area contributed by atoms with Crippen LogP contribution in [0.15, 0.2) is 0 Å². The minimum Gasteiger partial charge on any atom is -0.393 e. The van der Waals surface area contributed by atoms with Gasteiger partial charge < -0.3 is 20.4 Å². The molecule has 4 N–H and O–H groups in total. The molecule has 4 nitrogen and oxygen atoms in total. The topological polar surface area (TPSA) is 80.9 Å². The quantitative estimate of drug-likeness (QED) is 0.361. The third kappa shape index (κ3) is 6.91. The van der Waals surface area contributed by atoms with Crippen molar-refractivity contribution in [1.82, 2.24) is 0 Å². The molecule has 0 aliphatic carbocycles. The van der Waals surface area contributed by atoms with Gasteiger partial charge in [0.05, 0.1) is 45.0 Å². The largest absolute Gasteiger partial charge is 0.393 e. The van der Waals surface area contributed by atoms with E-state index in [1.165, 1.54) is 0 Å². The number of hydrogen-bond donors (Lipinski definition) is 4. The Kier molecular flexibility index (Phi) is 8.88. The van der Waals surface area contributed by atoms with E-state index >= 15 is 0 Å². The molecule has 28 heavy (non-hydrogen) atoms. The Labute approximate surface area is 175 Å². The Balaban J connectivity index is 6.98. The Morgan fingerprint density at radius 1 is 0.607 bits per heavy atom. The average Bonchev–Trinajstić information content (AvgIpc) is 2.26. The van der Waals surface area contributed by atoms with E-state index < -0.39 is 30.7 Å². The van der Waals surface area contributed by atoms with Crippen molar-refractivity contribution in [2.24, 2.45) is 0 Å². The van der Waals surface area contributed by atoms with Crippen molar-refractivity contribution >= 4 is 7.26 Å². The lowest BCUT2D eigenvalue weighted by Gasteiger charge is -2.60. The lowest BCUT2D eigenvalue weighted by Crippen LogP contribution is -2.54. The first-order chi connectivity index (χ1) is 12.0. The average molecular weight is 422 g/mol. The smallest absolute Gasteiger partial charge is 0.0866 e. The molecule has 0 aromatic rings. The zero-order valence-corrected chi connectivity index (χ0v) is 21.6. The van der Waals surface area contributed by atoms with E-state index in [1.54, 1.807) is 0 Å². The van der Waals surface area contributed by atoms with Gasteiger partial charge in [-0.05, 0) is 83.1 Å². The Bertz CT molecular complexity index is 466. The standard InChI is InChI=1S/C23H50O4P/c1-17(24)13-21(7,8)28(14-18(2)25,22(9,10)15-19(3,4)26)23(11,12)16-20(5,6)27/h17-18,24-27H,13-16H2,1-12H3/q+1. The maximum absolute atomic E-state index is 10.8. The highest BCUT2D eigenvalue weighted by Crippen LogP contribution is 2.86. The number of aliphatic hydroxyl groups is 4. The van der Waals surface area contributed by atoms with E-state index in [4.69, 9.17) is 0 Å². The molecule has 0 amide bonds. The SMILES string of the molecule is CC(O)CC(C)(C)[P+](CC(C)O)(C(C)(C)CC(C)(C)O)C(C)(C)CC(C)(C)O. The first kappa shape index (κ1) is 28.3. The summed E-state index contributed by atoms with van der Waals surface area (Å²) in [6.07, 6.45) is 1.50. The molecule has 0 aromatic heterocycles. The maximum atomic E-state index is 10.8. The highest BCUT2D eigenvalue weighted by Gasteiger charge is 2.70. The second-order valence-corrected chi connectivity index (χ2v) is 17.9. The molecule has 170 valence electrons. The molecule has 0 aromatic carbocycles. The first-order valence-electron chi connectivity index (χ1n) is 10.7. The fourth-order valence-corrected chi connectivity index (χ4v) is 15.9. The van der Waals surface area contributed by atoms with Gasteiger partial charge in [0.25, 0.3) is 0 Å². The number of rotatable bonds is 11. The van der Waals surface area contributed by atoms with Crippen LogP contribution in [0, 0.1) is 0 Å². The highest BCUT2D eigenvalue weighted by atomic mass is 31.2. The van der Waals surface area contributed by atoms with Crippen molar-refractivity contribution in [2.75, 3.05) is 6.16 Å². The summed E-state index contributed by atoms with van der Waals surface area (Å²) >= 11 is 0. The molecule has 0 aliphatic heterocycles. The minimum absolute atomic E-state index is 0.248. The minimum atomic E-state index is -2.14. The fraction of sp³-hybridized carbons (Fsp3) is 1.00. The van der Waals surface area contributed by atoms with Crippen LogP contribution in [-0.4, -0.2) is 65.5 Å². The van der Waals surface area contributed by atoms with E-state index in [2.05, 4.69) is 41.5 Å². The van der Waals surface area contributed by atoms with Crippen molar-refractivity contribution in [3.05, 3.63) is 0 Å². The van der Waals surface area contributed by atoms with Gasteiger partial charge in [-0.25, -0.2) is 0 Å². The molecular formula is C23H50O4P+. The van der Waals surface area contributed by atoms with Crippen molar-refractivity contribution in [2.45, 2.75) is 141 Å². The van der Waals surface area contributed by atoms with Crippen LogP contribution in [0.4, 0.5) is 0 Å². The van der Waals surface area contributed by atoms with Crippen LogP contribution < -0.4 is 0 Å². The summed E-state index contributed by atoms with van der Waals surface area (Å²) < 4.78 is 0. The van der Waals surface area contributed by atoms with Crippen molar-refractivity contribution < 1.29 is 20.4 Å². The predicted octanol–water partition coefficient (Wildman–Crippen LogP) is 4.81. The third-order valence-corrected chi connectivity index (χ3v) is 13.9. The molecule has 2 unspecified atom stereocenters. The summed E-state index contributed by atoms with van der Waals surface area (Å²) in [5, 5.41) is 41.7. The molecule has 0 saturated heterocycles. The molecule has 0 radical (unpaired) electrons. The van der Waals surface area contributed by atoms with E-state index in [0.29, 0.717) is 25.4 Å². The van der Waals surface area contributed by atoms with Gasteiger partial charge in [0.2, 0.25) is 0 Å². The van der Waals surface area contributed by atoms with Gasteiger partial charge in [-0.1, -0.05) is 0 Å². The summed E-state index contributed by atoms with van der Waals surface area (Å²) in [4.78, 5) is 0. The summed E-state index contributed by atoms with van der Waals surface area (Å²) in [7, 11) is -2.14. The summed E-state index contributed by atoms with van der Waals surface area (Å²) in [6, 6.07) is 0. The molecule has 0 rings (SSSR count). The van der Waals surface area contributed by atoms with E-state index in [9.17, 15) is 20.4 Å². The van der Waals surface area contributed by atoms with Crippen molar-refractivity contribution in [3.8, 4) is 0 Å². The maximum Gasteiger partial charge on any atom is 0.0866 e. The second kappa shape index (κ2) is 8.79. The lowest BCUT2D eigenvalue weighted by atomic mass is 9.94.